The Kier molecular flexibility index (Phi) is 11.0. The second-order valence-corrected chi connectivity index (χ2v) is 12.7. The lowest BCUT2D eigenvalue weighted by molar-refractivity contribution is -0.141. The summed E-state index contributed by atoms with van der Waals surface area (Å²) in [6.07, 6.45) is 4.53. The Morgan fingerprint density at radius 2 is 1.59 bits per heavy atom. The Hall–Kier alpha value is -3.20. The monoisotopic (exact) mass is 595 g/mol. The molecule has 0 spiro atoms. The molecule has 3 aromatic rings. The summed E-state index contributed by atoms with van der Waals surface area (Å²) in [5, 5.41) is 3.63. The molecule has 0 unspecified atom stereocenters. The lowest BCUT2D eigenvalue weighted by Crippen LogP contribution is -2.50. The molecule has 0 radical (unpaired) electrons. The number of aryl methyl sites for hydroxylation is 1. The van der Waals surface area contributed by atoms with E-state index in [9.17, 15) is 18.0 Å². The van der Waals surface area contributed by atoms with Gasteiger partial charge in [0.1, 0.15) is 6.04 Å². The molecular formula is C32H38ClN3O4S. The van der Waals surface area contributed by atoms with Crippen LogP contribution in [-0.2, 0) is 39.0 Å². The summed E-state index contributed by atoms with van der Waals surface area (Å²) in [6.45, 7) is 2.88. The van der Waals surface area contributed by atoms with Crippen molar-refractivity contribution in [3.05, 3.63) is 101 Å². The molecule has 1 saturated carbocycles. The van der Waals surface area contributed by atoms with Crippen LogP contribution in [0.15, 0.2) is 83.8 Å². The standard InChI is InChI=1S/C32H38ClN3O4S/c1-2-3-21-34-32(38)30(22-25-7-5-4-6-8-25)36(23-26-9-14-27(33)15-10-26)31(37)20-13-24-11-18-29(19-12-24)41(39,40)35-28-16-17-28/h4-12,14-15,18-19,28,30,35H,2-3,13,16-17,20-23H2,1H3,(H,34,38)/t30-/m1/s1. The summed E-state index contributed by atoms with van der Waals surface area (Å²) in [5.41, 5.74) is 2.69. The first kappa shape index (κ1) is 30.8. The lowest BCUT2D eigenvalue weighted by atomic mass is 10.0. The van der Waals surface area contributed by atoms with Crippen LogP contribution in [0.5, 0.6) is 0 Å². The number of hydrogen-bond donors (Lipinski definition) is 2. The van der Waals surface area contributed by atoms with Gasteiger partial charge in [0.05, 0.1) is 4.90 Å². The maximum absolute atomic E-state index is 13.8. The molecule has 9 heteroatoms. The fourth-order valence-electron chi connectivity index (χ4n) is 4.57. The number of unbranched alkanes of at least 4 members (excludes halogenated alkanes) is 1. The molecule has 0 heterocycles. The molecular weight excluding hydrogens is 558 g/mol. The van der Waals surface area contributed by atoms with Crippen LogP contribution in [0.25, 0.3) is 0 Å². The van der Waals surface area contributed by atoms with Crippen molar-refractivity contribution >= 4 is 33.4 Å². The van der Waals surface area contributed by atoms with Crippen molar-refractivity contribution in [1.82, 2.24) is 14.9 Å². The molecule has 2 N–H and O–H groups in total. The zero-order chi connectivity index (χ0) is 29.2. The number of amides is 2. The maximum Gasteiger partial charge on any atom is 0.243 e. The molecule has 218 valence electrons. The van der Waals surface area contributed by atoms with Gasteiger partial charge in [0.2, 0.25) is 21.8 Å². The van der Waals surface area contributed by atoms with Gasteiger partial charge in [-0.15, -0.1) is 0 Å². The largest absolute Gasteiger partial charge is 0.354 e. The maximum atomic E-state index is 13.8. The number of carbonyl (C=O) groups is 2. The van der Waals surface area contributed by atoms with Gasteiger partial charge in [0.25, 0.3) is 0 Å². The SMILES string of the molecule is CCCCNC(=O)[C@@H](Cc1ccccc1)N(Cc1ccc(Cl)cc1)C(=O)CCc1ccc(S(=O)(=O)NC2CC2)cc1. The number of sulfonamides is 1. The third kappa shape index (κ3) is 9.42. The van der Waals surface area contributed by atoms with E-state index in [2.05, 4.69) is 17.0 Å². The Bertz CT molecular complexity index is 1390. The van der Waals surface area contributed by atoms with Gasteiger partial charge in [0.15, 0.2) is 0 Å². The van der Waals surface area contributed by atoms with Crippen LogP contribution in [0.4, 0.5) is 0 Å². The molecule has 4 rings (SSSR count). The number of carbonyl (C=O) groups excluding carboxylic acids is 2. The lowest BCUT2D eigenvalue weighted by Gasteiger charge is -2.31. The minimum absolute atomic E-state index is 0.0342. The normalized spacial score (nSPS) is 13.9. The van der Waals surface area contributed by atoms with Gasteiger partial charge in [0, 0.05) is 37.0 Å². The van der Waals surface area contributed by atoms with E-state index in [4.69, 9.17) is 11.6 Å². The summed E-state index contributed by atoms with van der Waals surface area (Å²) in [4.78, 5) is 29.2. The minimum Gasteiger partial charge on any atom is -0.354 e. The highest BCUT2D eigenvalue weighted by atomic mass is 35.5. The van der Waals surface area contributed by atoms with Crippen LogP contribution in [0.1, 0.15) is 55.7 Å². The Morgan fingerprint density at radius 3 is 2.22 bits per heavy atom. The fraction of sp³-hybridized carbons (Fsp3) is 0.375. The predicted octanol–water partition coefficient (Wildman–Crippen LogP) is 5.27. The molecule has 0 saturated heterocycles. The van der Waals surface area contributed by atoms with Gasteiger partial charge in [-0.1, -0.05) is 79.5 Å². The van der Waals surface area contributed by atoms with Crippen molar-refractivity contribution < 1.29 is 18.0 Å². The molecule has 1 aliphatic rings. The summed E-state index contributed by atoms with van der Waals surface area (Å²) < 4.78 is 27.7. The van der Waals surface area contributed by atoms with Gasteiger partial charge in [-0.25, -0.2) is 13.1 Å². The van der Waals surface area contributed by atoms with Crippen molar-refractivity contribution in [2.45, 2.75) is 75.4 Å². The van der Waals surface area contributed by atoms with E-state index < -0.39 is 16.1 Å². The highest BCUT2D eigenvalue weighted by Crippen LogP contribution is 2.23. The van der Waals surface area contributed by atoms with Crippen molar-refractivity contribution in [2.24, 2.45) is 0 Å². The van der Waals surface area contributed by atoms with E-state index in [-0.39, 0.29) is 35.7 Å². The predicted molar refractivity (Wildman–Crippen MR) is 162 cm³/mol. The number of halogens is 1. The minimum atomic E-state index is -3.54. The molecule has 3 aromatic carbocycles. The van der Waals surface area contributed by atoms with E-state index in [1.54, 1.807) is 41.3 Å². The first-order valence-electron chi connectivity index (χ1n) is 14.2. The Morgan fingerprint density at radius 1 is 0.927 bits per heavy atom. The number of nitrogens with one attached hydrogen (secondary N) is 2. The summed E-state index contributed by atoms with van der Waals surface area (Å²) in [6, 6.07) is 23.0. The summed E-state index contributed by atoms with van der Waals surface area (Å²) >= 11 is 6.10. The average Bonchev–Trinajstić information content (AvgIpc) is 3.79. The van der Waals surface area contributed by atoms with Crippen LogP contribution < -0.4 is 10.0 Å². The summed E-state index contributed by atoms with van der Waals surface area (Å²) in [5.74, 6) is -0.332. The van der Waals surface area contributed by atoms with E-state index in [0.717, 1.165) is 42.4 Å². The zero-order valence-corrected chi connectivity index (χ0v) is 25.0. The number of benzene rings is 3. The van der Waals surface area contributed by atoms with Crippen LogP contribution >= 0.6 is 11.6 Å². The van der Waals surface area contributed by atoms with Gasteiger partial charge in [-0.2, -0.15) is 0 Å². The fourth-order valence-corrected chi connectivity index (χ4v) is 6.00. The highest BCUT2D eigenvalue weighted by Gasteiger charge is 2.30. The quantitative estimate of drug-likeness (QED) is 0.234. The Balaban J connectivity index is 1.53. The molecule has 0 aromatic heterocycles. The van der Waals surface area contributed by atoms with Crippen molar-refractivity contribution in [3.63, 3.8) is 0 Å². The van der Waals surface area contributed by atoms with Crippen LogP contribution in [0.2, 0.25) is 5.02 Å². The van der Waals surface area contributed by atoms with Crippen molar-refractivity contribution in [3.8, 4) is 0 Å². The molecule has 7 nitrogen and oxygen atoms in total. The second kappa shape index (κ2) is 14.6. The molecule has 1 fully saturated rings. The number of hydrogen-bond acceptors (Lipinski definition) is 4. The van der Waals surface area contributed by atoms with Crippen LogP contribution in [0.3, 0.4) is 0 Å². The third-order valence-electron chi connectivity index (χ3n) is 7.13. The average molecular weight is 596 g/mol. The van der Waals surface area contributed by atoms with Gasteiger partial charge in [-0.05, 0) is 66.6 Å². The molecule has 1 atom stereocenters. The number of nitrogens with zero attached hydrogens (tertiary/aromatic N) is 1. The number of rotatable bonds is 15. The molecule has 0 aliphatic heterocycles. The van der Waals surface area contributed by atoms with Gasteiger partial charge in [-0.3, -0.25) is 9.59 Å². The smallest absolute Gasteiger partial charge is 0.243 e. The molecule has 41 heavy (non-hydrogen) atoms. The highest BCUT2D eigenvalue weighted by molar-refractivity contribution is 7.89. The van der Waals surface area contributed by atoms with E-state index >= 15 is 0 Å². The van der Waals surface area contributed by atoms with E-state index in [0.29, 0.717) is 24.4 Å². The third-order valence-corrected chi connectivity index (χ3v) is 8.92. The molecule has 2 amide bonds. The van der Waals surface area contributed by atoms with Crippen LogP contribution in [-0.4, -0.2) is 43.8 Å². The van der Waals surface area contributed by atoms with E-state index in [1.807, 2.05) is 42.5 Å². The Labute approximate surface area is 248 Å². The second-order valence-electron chi connectivity index (χ2n) is 10.5. The summed E-state index contributed by atoms with van der Waals surface area (Å²) in [7, 11) is -3.54. The van der Waals surface area contributed by atoms with Gasteiger partial charge >= 0.3 is 0 Å². The van der Waals surface area contributed by atoms with Gasteiger partial charge < -0.3 is 10.2 Å². The molecule has 1 aliphatic carbocycles. The first-order chi connectivity index (χ1) is 19.7. The van der Waals surface area contributed by atoms with Crippen LogP contribution in [0, 0.1) is 0 Å². The zero-order valence-electron chi connectivity index (χ0n) is 23.4. The molecule has 0 bridgehead atoms. The van der Waals surface area contributed by atoms with Crippen molar-refractivity contribution in [1.29, 1.82) is 0 Å². The topological polar surface area (TPSA) is 95.6 Å². The first-order valence-corrected chi connectivity index (χ1v) is 16.1. The van der Waals surface area contributed by atoms with E-state index in [1.165, 1.54) is 0 Å². The van der Waals surface area contributed by atoms with Crippen molar-refractivity contribution in [2.75, 3.05) is 6.54 Å².